The standard InChI is InChI=1S/C15H11ClFN3O/c16-10-4-1-3-9(7-10)8-20-14-11(5-2-6-12(14)17)13(19-20)15(18)21/h1-7H,8H2,(H2,18,21). The van der Waals surface area contributed by atoms with E-state index in [0.29, 0.717) is 17.0 Å². The minimum atomic E-state index is -0.685. The lowest BCUT2D eigenvalue weighted by atomic mass is 10.2. The van der Waals surface area contributed by atoms with Gasteiger partial charge in [-0.05, 0) is 23.8 Å². The maximum Gasteiger partial charge on any atom is 0.269 e. The number of carbonyl (C=O) groups excluding carboxylic acids is 1. The molecular formula is C15H11ClFN3O. The Kier molecular flexibility index (Phi) is 3.35. The number of nitrogens with two attached hydrogens (primary N) is 1. The van der Waals surface area contributed by atoms with Crippen LogP contribution in [0, 0.1) is 5.82 Å². The second kappa shape index (κ2) is 5.18. The fraction of sp³-hybridized carbons (Fsp3) is 0.0667. The first-order valence-corrected chi connectivity index (χ1v) is 6.63. The lowest BCUT2D eigenvalue weighted by Gasteiger charge is -2.05. The maximum absolute atomic E-state index is 14.1. The molecule has 4 nitrogen and oxygen atoms in total. The molecule has 1 heterocycles. The van der Waals surface area contributed by atoms with Gasteiger partial charge in [0.2, 0.25) is 0 Å². The number of hydrogen-bond donors (Lipinski definition) is 1. The van der Waals surface area contributed by atoms with Crippen LogP contribution in [0.3, 0.4) is 0 Å². The Morgan fingerprint density at radius 2 is 2.05 bits per heavy atom. The van der Waals surface area contributed by atoms with Gasteiger partial charge in [0.15, 0.2) is 5.69 Å². The van der Waals surface area contributed by atoms with Crippen molar-refractivity contribution >= 4 is 28.4 Å². The molecule has 0 spiro atoms. The summed E-state index contributed by atoms with van der Waals surface area (Å²) in [6.07, 6.45) is 0. The quantitative estimate of drug-likeness (QED) is 0.808. The van der Waals surface area contributed by atoms with Crippen LogP contribution in [0.2, 0.25) is 5.02 Å². The first-order valence-electron chi connectivity index (χ1n) is 6.25. The van der Waals surface area contributed by atoms with Gasteiger partial charge < -0.3 is 5.73 Å². The van der Waals surface area contributed by atoms with Gasteiger partial charge in [-0.25, -0.2) is 4.39 Å². The molecule has 1 amide bonds. The molecule has 3 rings (SSSR count). The molecule has 106 valence electrons. The van der Waals surface area contributed by atoms with Gasteiger partial charge in [0, 0.05) is 10.4 Å². The number of halogens is 2. The predicted octanol–water partition coefficient (Wildman–Crippen LogP) is 2.98. The molecule has 2 aromatic carbocycles. The van der Waals surface area contributed by atoms with Crippen molar-refractivity contribution in [2.45, 2.75) is 6.54 Å². The summed E-state index contributed by atoms with van der Waals surface area (Å²) in [6, 6.07) is 11.6. The Hall–Kier alpha value is -2.40. The average molecular weight is 304 g/mol. The highest BCUT2D eigenvalue weighted by Crippen LogP contribution is 2.23. The van der Waals surface area contributed by atoms with Gasteiger partial charge >= 0.3 is 0 Å². The number of para-hydroxylation sites is 1. The molecule has 2 N–H and O–H groups in total. The van der Waals surface area contributed by atoms with E-state index < -0.39 is 11.7 Å². The molecule has 3 aromatic rings. The van der Waals surface area contributed by atoms with E-state index in [1.807, 2.05) is 6.07 Å². The number of benzene rings is 2. The number of hydrogen-bond acceptors (Lipinski definition) is 2. The highest BCUT2D eigenvalue weighted by molar-refractivity contribution is 6.30. The molecule has 0 fully saturated rings. The molecule has 0 aliphatic carbocycles. The van der Waals surface area contributed by atoms with Crippen LogP contribution in [0.4, 0.5) is 4.39 Å². The van der Waals surface area contributed by atoms with Crippen molar-refractivity contribution in [3.8, 4) is 0 Å². The van der Waals surface area contributed by atoms with E-state index in [1.54, 1.807) is 24.3 Å². The molecule has 0 saturated carbocycles. The topological polar surface area (TPSA) is 60.9 Å². The predicted molar refractivity (Wildman–Crippen MR) is 78.8 cm³/mol. The summed E-state index contributed by atoms with van der Waals surface area (Å²) in [5, 5.41) is 5.12. The highest BCUT2D eigenvalue weighted by Gasteiger charge is 2.17. The zero-order chi connectivity index (χ0) is 15.0. The van der Waals surface area contributed by atoms with Gasteiger partial charge in [-0.3, -0.25) is 9.48 Å². The lowest BCUT2D eigenvalue weighted by Crippen LogP contribution is -2.13. The van der Waals surface area contributed by atoms with Crippen molar-refractivity contribution in [2.24, 2.45) is 5.73 Å². The monoisotopic (exact) mass is 303 g/mol. The third kappa shape index (κ3) is 2.48. The molecule has 21 heavy (non-hydrogen) atoms. The Balaban J connectivity index is 2.16. The Morgan fingerprint density at radius 1 is 1.29 bits per heavy atom. The number of fused-ring (bicyclic) bond motifs is 1. The second-order valence-corrected chi connectivity index (χ2v) is 5.07. The van der Waals surface area contributed by atoms with Gasteiger partial charge in [-0.15, -0.1) is 0 Å². The fourth-order valence-electron chi connectivity index (χ4n) is 2.30. The van der Waals surface area contributed by atoms with E-state index >= 15 is 0 Å². The summed E-state index contributed by atoms with van der Waals surface area (Å²) in [5.41, 5.74) is 6.47. The third-order valence-electron chi connectivity index (χ3n) is 3.18. The zero-order valence-electron chi connectivity index (χ0n) is 10.9. The Morgan fingerprint density at radius 3 is 2.76 bits per heavy atom. The lowest BCUT2D eigenvalue weighted by molar-refractivity contribution is 0.0996. The summed E-state index contributed by atoms with van der Waals surface area (Å²) in [5.74, 6) is -1.13. The number of amides is 1. The minimum absolute atomic E-state index is 0.0616. The molecule has 1 aromatic heterocycles. The molecule has 0 aliphatic heterocycles. The average Bonchev–Trinajstić information content (AvgIpc) is 2.79. The van der Waals surface area contributed by atoms with Crippen LogP contribution >= 0.6 is 11.6 Å². The van der Waals surface area contributed by atoms with Crippen LogP contribution in [0.1, 0.15) is 16.1 Å². The van der Waals surface area contributed by atoms with Gasteiger partial charge in [-0.2, -0.15) is 5.10 Å². The molecule has 6 heteroatoms. The third-order valence-corrected chi connectivity index (χ3v) is 3.41. The summed E-state index contributed by atoms with van der Waals surface area (Å²) in [7, 11) is 0. The van der Waals surface area contributed by atoms with Crippen LogP contribution in [-0.4, -0.2) is 15.7 Å². The van der Waals surface area contributed by atoms with E-state index in [0.717, 1.165) is 5.56 Å². The largest absolute Gasteiger partial charge is 0.364 e. The molecule has 0 unspecified atom stereocenters. The van der Waals surface area contributed by atoms with E-state index in [-0.39, 0.29) is 11.2 Å². The molecular weight excluding hydrogens is 293 g/mol. The highest BCUT2D eigenvalue weighted by atomic mass is 35.5. The normalized spacial score (nSPS) is 11.0. The number of carbonyl (C=O) groups is 1. The van der Waals surface area contributed by atoms with Gasteiger partial charge in [0.1, 0.15) is 11.3 Å². The fourth-order valence-corrected chi connectivity index (χ4v) is 2.51. The van der Waals surface area contributed by atoms with Crippen molar-refractivity contribution in [3.05, 3.63) is 64.6 Å². The number of nitrogens with zero attached hydrogens (tertiary/aromatic N) is 2. The van der Waals surface area contributed by atoms with Gasteiger partial charge in [-0.1, -0.05) is 35.9 Å². The van der Waals surface area contributed by atoms with Crippen molar-refractivity contribution in [1.82, 2.24) is 9.78 Å². The van der Waals surface area contributed by atoms with Crippen LogP contribution in [0.25, 0.3) is 10.9 Å². The van der Waals surface area contributed by atoms with Crippen molar-refractivity contribution in [3.63, 3.8) is 0 Å². The van der Waals surface area contributed by atoms with Gasteiger partial charge in [0.05, 0.1) is 6.54 Å². The van der Waals surface area contributed by atoms with E-state index in [9.17, 15) is 9.18 Å². The first kappa shape index (κ1) is 13.6. The number of aromatic nitrogens is 2. The Labute approximate surface area is 124 Å². The van der Waals surface area contributed by atoms with E-state index in [1.165, 1.54) is 16.8 Å². The van der Waals surface area contributed by atoms with E-state index in [2.05, 4.69) is 5.10 Å². The van der Waals surface area contributed by atoms with Crippen molar-refractivity contribution in [1.29, 1.82) is 0 Å². The number of primary amides is 1. The molecule has 0 bridgehead atoms. The van der Waals surface area contributed by atoms with Gasteiger partial charge in [0.25, 0.3) is 5.91 Å². The smallest absolute Gasteiger partial charge is 0.269 e. The minimum Gasteiger partial charge on any atom is -0.364 e. The maximum atomic E-state index is 14.1. The Bertz CT molecular complexity index is 844. The molecule has 0 aliphatic rings. The van der Waals surface area contributed by atoms with Crippen molar-refractivity contribution in [2.75, 3.05) is 0 Å². The van der Waals surface area contributed by atoms with Crippen LogP contribution in [0.5, 0.6) is 0 Å². The van der Waals surface area contributed by atoms with Crippen molar-refractivity contribution < 1.29 is 9.18 Å². The molecule has 0 atom stereocenters. The molecule has 0 radical (unpaired) electrons. The second-order valence-electron chi connectivity index (χ2n) is 4.64. The summed E-state index contributed by atoms with van der Waals surface area (Å²) in [6.45, 7) is 0.297. The summed E-state index contributed by atoms with van der Waals surface area (Å²) in [4.78, 5) is 11.4. The summed E-state index contributed by atoms with van der Waals surface area (Å²) < 4.78 is 15.5. The summed E-state index contributed by atoms with van der Waals surface area (Å²) >= 11 is 5.94. The first-order chi connectivity index (χ1) is 10.1. The molecule has 0 saturated heterocycles. The van der Waals surface area contributed by atoms with E-state index in [4.69, 9.17) is 17.3 Å². The zero-order valence-corrected chi connectivity index (χ0v) is 11.6. The van der Waals surface area contributed by atoms with Crippen LogP contribution in [-0.2, 0) is 6.54 Å². The number of rotatable bonds is 3. The van der Waals surface area contributed by atoms with Crippen LogP contribution < -0.4 is 5.73 Å². The SMILES string of the molecule is NC(=O)c1nn(Cc2cccc(Cl)c2)c2c(F)cccc12. The van der Waals surface area contributed by atoms with Crippen LogP contribution in [0.15, 0.2) is 42.5 Å².